The van der Waals surface area contributed by atoms with Crippen LogP contribution in [0.5, 0.6) is 5.75 Å². The number of amides is 1. The molecule has 4 nitrogen and oxygen atoms in total. The number of hydrogen-bond donors (Lipinski definition) is 2. The molecule has 0 spiro atoms. The second kappa shape index (κ2) is 9.78. The fourth-order valence-electron chi connectivity index (χ4n) is 2.81. The molecule has 2 atom stereocenters. The lowest BCUT2D eigenvalue weighted by atomic mass is 10.0. The number of carbonyl (C=O) groups is 1. The molecular formula is C18H29ClN2O2. The summed E-state index contributed by atoms with van der Waals surface area (Å²) in [4.78, 5) is 12.5. The first-order valence-corrected chi connectivity index (χ1v) is 8.38. The molecule has 130 valence electrons. The highest BCUT2D eigenvalue weighted by molar-refractivity contribution is 5.85. The Morgan fingerprint density at radius 3 is 2.74 bits per heavy atom. The van der Waals surface area contributed by atoms with Crippen LogP contribution >= 0.6 is 12.4 Å². The predicted molar refractivity (Wildman–Crippen MR) is 96.5 cm³/mol. The molecule has 2 rings (SSSR count). The van der Waals surface area contributed by atoms with Gasteiger partial charge in [-0.3, -0.25) is 4.79 Å². The molecule has 1 heterocycles. The molecule has 1 aromatic rings. The Hall–Kier alpha value is -1.26. The third-order valence-electron chi connectivity index (χ3n) is 4.12. The van der Waals surface area contributed by atoms with Gasteiger partial charge in [-0.1, -0.05) is 39.0 Å². The van der Waals surface area contributed by atoms with E-state index in [1.165, 1.54) is 0 Å². The molecule has 1 aliphatic heterocycles. The van der Waals surface area contributed by atoms with E-state index in [1.54, 1.807) is 0 Å². The predicted octanol–water partition coefficient (Wildman–Crippen LogP) is 3.26. The first kappa shape index (κ1) is 19.8. The number of rotatable bonds is 6. The normalized spacial score (nSPS) is 18.9. The van der Waals surface area contributed by atoms with Gasteiger partial charge in [-0.25, -0.2) is 0 Å². The van der Waals surface area contributed by atoms with Gasteiger partial charge in [0.2, 0.25) is 0 Å². The summed E-state index contributed by atoms with van der Waals surface area (Å²) < 4.78 is 6.03. The van der Waals surface area contributed by atoms with Crippen LogP contribution in [0.4, 0.5) is 0 Å². The lowest BCUT2D eigenvalue weighted by molar-refractivity contribution is -0.129. The van der Waals surface area contributed by atoms with Crippen molar-refractivity contribution in [3.05, 3.63) is 29.8 Å². The van der Waals surface area contributed by atoms with Crippen LogP contribution in [0.3, 0.4) is 0 Å². The van der Waals surface area contributed by atoms with Crippen LogP contribution in [-0.2, 0) is 4.79 Å². The van der Waals surface area contributed by atoms with Crippen molar-refractivity contribution in [1.82, 2.24) is 10.6 Å². The summed E-state index contributed by atoms with van der Waals surface area (Å²) in [6.07, 6.45) is 2.39. The fourth-order valence-corrected chi connectivity index (χ4v) is 2.81. The third-order valence-corrected chi connectivity index (χ3v) is 4.12. The van der Waals surface area contributed by atoms with E-state index in [2.05, 4.69) is 30.5 Å². The van der Waals surface area contributed by atoms with Gasteiger partial charge in [-0.2, -0.15) is 0 Å². The molecule has 0 aliphatic carbocycles. The van der Waals surface area contributed by atoms with Gasteiger partial charge in [0, 0.05) is 12.6 Å². The number of ether oxygens (including phenoxy) is 1. The van der Waals surface area contributed by atoms with Crippen molar-refractivity contribution >= 4 is 18.3 Å². The molecule has 1 aliphatic rings. The van der Waals surface area contributed by atoms with E-state index in [0.717, 1.165) is 37.2 Å². The van der Waals surface area contributed by atoms with Crippen molar-refractivity contribution in [1.29, 1.82) is 0 Å². The Kier molecular flexibility index (Phi) is 8.42. The number of nitrogens with one attached hydrogen (secondary N) is 2. The lowest BCUT2D eigenvalue weighted by Gasteiger charge is -2.26. The van der Waals surface area contributed by atoms with Crippen LogP contribution in [-0.4, -0.2) is 31.1 Å². The Labute approximate surface area is 145 Å². The quantitative estimate of drug-likeness (QED) is 0.835. The van der Waals surface area contributed by atoms with Crippen LogP contribution in [0.2, 0.25) is 0 Å². The van der Waals surface area contributed by atoms with Gasteiger partial charge in [-0.15, -0.1) is 12.4 Å². The standard InChI is InChI=1S/C18H28N2O2.ClH/c1-4-16(18(21)20-14-8-7-11-19-12-14)22-17-10-6-5-9-15(17)13(2)3;/h5-6,9-10,13-14,16,19H,4,7-8,11-12H2,1-3H3,(H,20,21);1H/t14-,16?;/m0./s1. The molecule has 5 heteroatoms. The lowest BCUT2D eigenvalue weighted by Crippen LogP contribution is -2.49. The van der Waals surface area contributed by atoms with Gasteiger partial charge >= 0.3 is 0 Å². The van der Waals surface area contributed by atoms with Crippen molar-refractivity contribution < 1.29 is 9.53 Å². The molecule has 1 aromatic carbocycles. The maximum Gasteiger partial charge on any atom is 0.261 e. The number of halogens is 1. The largest absolute Gasteiger partial charge is 0.480 e. The van der Waals surface area contributed by atoms with E-state index in [9.17, 15) is 4.79 Å². The van der Waals surface area contributed by atoms with E-state index < -0.39 is 6.10 Å². The topological polar surface area (TPSA) is 50.4 Å². The maximum atomic E-state index is 12.5. The fraction of sp³-hybridized carbons (Fsp3) is 0.611. The van der Waals surface area contributed by atoms with E-state index in [0.29, 0.717) is 12.3 Å². The highest BCUT2D eigenvalue weighted by atomic mass is 35.5. The first-order valence-electron chi connectivity index (χ1n) is 8.38. The van der Waals surface area contributed by atoms with Crippen LogP contribution in [0.25, 0.3) is 0 Å². The minimum atomic E-state index is -0.429. The zero-order chi connectivity index (χ0) is 15.9. The van der Waals surface area contributed by atoms with Crippen molar-refractivity contribution in [2.45, 2.75) is 58.1 Å². The Morgan fingerprint density at radius 2 is 2.13 bits per heavy atom. The molecule has 1 fully saturated rings. The Morgan fingerprint density at radius 1 is 1.39 bits per heavy atom. The van der Waals surface area contributed by atoms with Crippen molar-refractivity contribution in [3.63, 3.8) is 0 Å². The number of carbonyl (C=O) groups excluding carboxylic acids is 1. The van der Waals surface area contributed by atoms with E-state index in [1.807, 2.05) is 25.1 Å². The molecule has 0 aromatic heterocycles. The summed E-state index contributed by atoms with van der Waals surface area (Å²) >= 11 is 0. The zero-order valence-corrected chi connectivity index (χ0v) is 15.1. The molecular weight excluding hydrogens is 312 g/mol. The third kappa shape index (κ3) is 5.70. The van der Waals surface area contributed by atoms with Crippen LogP contribution < -0.4 is 15.4 Å². The molecule has 1 saturated heterocycles. The zero-order valence-electron chi connectivity index (χ0n) is 14.3. The van der Waals surface area contributed by atoms with Crippen molar-refractivity contribution in [2.24, 2.45) is 0 Å². The van der Waals surface area contributed by atoms with Gasteiger partial charge in [0.1, 0.15) is 5.75 Å². The summed E-state index contributed by atoms with van der Waals surface area (Å²) in [6, 6.07) is 8.20. The molecule has 0 bridgehead atoms. The first-order chi connectivity index (χ1) is 10.6. The Balaban J connectivity index is 0.00000264. The highest BCUT2D eigenvalue weighted by Gasteiger charge is 2.23. The van der Waals surface area contributed by atoms with E-state index in [4.69, 9.17) is 4.74 Å². The van der Waals surface area contributed by atoms with E-state index >= 15 is 0 Å². The number of hydrogen-bond acceptors (Lipinski definition) is 3. The van der Waals surface area contributed by atoms with E-state index in [-0.39, 0.29) is 24.4 Å². The Bertz CT molecular complexity index is 488. The monoisotopic (exact) mass is 340 g/mol. The minimum Gasteiger partial charge on any atom is -0.480 e. The van der Waals surface area contributed by atoms with Gasteiger partial charge in [-0.05, 0) is 43.4 Å². The molecule has 0 radical (unpaired) electrons. The summed E-state index contributed by atoms with van der Waals surface area (Å²) in [5.74, 6) is 1.19. The molecule has 0 saturated carbocycles. The van der Waals surface area contributed by atoms with Crippen LogP contribution in [0.1, 0.15) is 51.5 Å². The molecule has 2 N–H and O–H groups in total. The second-order valence-corrected chi connectivity index (χ2v) is 6.26. The van der Waals surface area contributed by atoms with Crippen molar-refractivity contribution in [3.8, 4) is 5.75 Å². The smallest absolute Gasteiger partial charge is 0.261 e. The van der Waals surface area contributed by atoms with Crippen LogP contribution in [0.15, 0.2) is 24.3 Å². The average molecular weight is 341 g/mol. The van der Waals surface area contributed by atoms with Crippen molar-refractivity contribution in [2.75, 3.05) is 13.1 Å². The summed E-state index contributed by atoms with van der Waals surface area (Å²) in [6.45, 7) is 8.15. The number of benzene rings is 1. The number of piperidine rings is 1. The van der Waals surface area contributed by atoms with Gasteiger partial charge in [0.05, 0.1) is 0 Å². The second-order valence-electron chi connectivity index (χ2n) is 6.26. The van der Waals surface area contributed by atoms with Gasteiger partial charge < -0.3 is 15.4 Å². The number of para-hydroxylation sites is 1. The van der Waals surface area contributed by atoms with Crippen LogP contribution in [0, 0.1) is 0 Å². The molecule has 1 amide bonds. The summed E-state index contributed by atoms with van der Waals surface area (Å²) in [5.41, 5.74) is 1.15. The average Bonchev–Trinajstić information content (AvgIpc) is 2.53. The van der Waals surface area contributed by atoms with Gasteiger partial charge in [0.25, 0.3) is 5.91 Å². The maximum absolute atomic E-state index is 12.5. The SMILES string of the molecule is CCC(Oc1ccccc1C(C)C)C(=O)N[C@H]1CCCNC1.Cl. The minimum absolute atomic E-state index is 0. The molecule has 23 heavy (non-hydrogen) atoms. The highest BCUT2D eigenvalue weighted by Crippen LogP contribution is 2.27. The molecule has 1 unspecified atom stereocenters. The van der Waals surface area contributed by atoms with Gasteiger partial charge in [0.15, 0.2) is 6.10 Å². The summed E-state index contributed by atoms with van der Waals surface area (Å²) in [7, 11) is 0. The summed E-state index contributed by atoms with van der Waals surface area (Å²) in [5, 5.41) is 6.43.